The Morgan fingerprint density at radius 3 is 2.62 bits per heavy atom. The summed E-state index contributed by atoms with van der Waals surface area (Å²) in [6.45, 7) is 9.00. The normalized spacial score (nSPS) is 10.5. The van der Waals surface area contributed by atoms with Crippen molar-refractivity contribution in [2.24, 2.45) is 0 Å². The number of aryl methyl sites for hydroxylation is 1. The minimum absolute atomic E-state index is 0.530. The molecule has 0 aliphatic heterocycles. The summed E-state index contributed by atoms with van der Waals surface area (Å²) in [7, 11) is 0. The van der Waals surface area contributed by atoms with Crippen molar-refractivity contribution in [3.8, 4) is 5.88 Å². The number of hydrogen-bond donors (Lipinski definition) is 0. The minimum Gasteiger partial charge on any atom is -0.478 e. The fourth-order valence-corrected chi connectivity index (χ4v) is 1.19. The second-order valence-electron chi connectivity index (χ2n) is 3.48. The van der Waals surface area contributed by atoms with Gasteiger partial charge in [-0.1, -0.05) is 13.8 Å². The largest absolute Gasteiger partial charge is 0.478 e. The van der Waals surface area contributed by atoms with E-state index in [0.717, 1.165) is 11.4 Å². The van der Waals surface area contributed by atoms with Gasteiger partial charge in [-0.25, -0.2) is 4.98 Å². The van der Waals surface area contributed by atoms with Gasteiger partial charge in [0.2, 0.25) is 5.88 Å². The van der Waals surface area contributed by atoms with Gasteiger partial charge in [0.1, 0.15) is 0 Å². The summed E-state index contributed by atoms with van der Waals surface area (Å²) in [6.07, 6.45) is 1.89. The molecule has 0 aromatic carbocycles. The standard InChI is InChI=1S/C11H17NO/c1-5-13-11-9(4)6-10(7-12-11)8(2)3/h6-8H,5H2,1-4H3. The molecule has 2 heteroatoms. The van der Waals surface area contributed by atoms with Crippen LogP contribution >= 0.6 is 0 Å². The molecule has 0 aliphatic rings. The Bertz CT molecular complexity index is 281. The molecule has 0 N–H and O–H groups in total. The van der Waals surface area contributed by atoms with E-state index in [1.165, 1.54) is 5.56 Å². The summed E-state index contributed by atoms with van der Waals surface area (Å²) >= 11 is 0. The Hall–Kier alpha value is -1.05. The molecule has 0 bridgehead atoms. The van der Waals surface area contributed by atoms with E-state index in [2.05, 4.69) is 24.9 Å². The van der Waals surface area contributed by atoms with Crippen molar-refractivity contribution >= 4 is 0 Å². The van der Waals surface area contributed by atoms with E-state index in [9.17, 15) is 0 Å². The van der Waals surface area contributed by atoms with Crippen LogP contribution in [-0.4, -0.2) is 11.6 Å². The summed E-state index contributed by atoms with van der Waals surface area (Å²) in [6, 6.07) is 2.14. The zero-order valence-electron chi connectivity index (χ0n) is 8.79. The monoisotopic (exact) mass is 179 g/mol. The van der Waals surface area contributed by atoms with Gasteiger partial charge in [0, 0.05) is 11.8 Å². The predicted molar refractivity (Wildman–Crippen MR) is 54.2 cm³/mol. The van der Waals surface area contributed by atoms with Gasteiger partial charge in [-0.3, -0.25) is 0 Å². The van der Waals surface area contributed by atoms with Crippen molar-refractivity contribution in [1.82, 2.24) is 4.98 Å². The maximum absolute atomic E-state index is 5.36. The Balaban J connectivity index is 2.92. The van der Waals surface area contributed by atoms with Crippen molar-refractivity contribution in [1.29, 1.82) is 0 Å². The van der Waals surface area contributed by atoms with Gasteiger partial charge in [0.05, 0.1) is 6.61 Å². The van der Waals surface area contributed by atoms with E-state index in [1.807, 2.05) is 20.0 Å². The van der Waals surface area contributed by atoms with Crippen LogP contribution in [0, 0.1) is 6.92 Å². The number of hydrogen-bond acceptors (Lipinski definition) is 2. The zero-order valence-corrected chi connectivity index (χ0v) is 8.79. The summed E-state index contributed by atoms with van der Waals surface area (Å²) < 4.78 is 5.36. The highest BCUT2D eigenvalue weighted by Crippen LogP contribution is 2.20. The first-order valence-electron chi connectivity index (χ1n) is 4.74. The first-order valence-corrected chi connectivity index (χ1v) is 4.74. The third-order valence-corrected chi connectivity index (χ3v) is 2.00. The van der Waals surface area contributed by atoms with Crippen LogP contribution < -0.4 is 4.74 Å². The molecule has 0 atom stereocenters. The van der Waals surface area contributed by atoms with Crippen LogP contribution in [0.5, 0.6) is 5.88 Å². The van der Waals surface area contributed by atoms with Gasteiger partial charge in [0.15, 0.2) is 0 Å². The number of ether oxygens (including phenoxy) is 1. The maximum Gasteiger partial charge on any atom is 0.216 e. The van der Waals surface area contributed by atoms with Crippen molar-refractivity contribution in [3.05, 3.63) is 23.4 Å². The smallest absolute Gasteiger partial charge is 0.216 e. The first-order chi connectivity index (χ1) is 6.15. The SMILES string of the molecule is CCOc1ncc(C(C)C)cc1C. The third-order valence-electron chi connectivity index (χ3n) is 2.00. The highest BCUT2D eigenvalue weighted by atomic mass is 16.5. The molecular weight excluding hydrogens is 162 g/mol. The Labute approximate surface area is 80.0 Å². The fourth-order valence-electron chi connectivity index (χ4n) is 1.19. The van der Waals surface area contributed by atoms with Crippen LogP contribution in [0.2, 0.25) is 0 Å². The van der Waals surface area contributed by atoms with Gasteiger partial charge in [-0.15, -0.1) is 0 Å². The molecule has 0 saturated heterocycles. The highest BCUT2D eigenvalue weighted by molar-refractivity contribution is 5.29. The van der Waals surface area contributed by atoms with E-state index >= 15 is 0 Å². The Kier molecular flexibility index (Phi) is 3.29. The van der Waals surface area contributed by atoms with Crippen LogP contribution in [-0.2, 0) is 0 Å². The third kappa shape index (κ3) is 2.44. The molecule has 0 radical (unpaired) electrons. The number of aromatic nitrogens is 1. The molecule has 0 spiro atoms. The van der Waals surface area contributed by atoms with E-state index < -0.39 is 0 Å². The number of nitrogens with zero attached hydrogens (tertiary/aromatic N) is 1. The lowest BCUT2D eigenvalue weighted by Crippen LogP contribution is -1.98. The van der Waals surface area contributed by atoms with Gasteiger partial charge < -0.3 is 4.74 Å². The first kappa shape index (κ1) is 10.0. The van der Waals surface area contributed by atoms with Crippen molar-refractivity contribution in [3.63, 3.8) is 0 Å². The molecule has 72 valence electrons. The Morgan fingerprint density at radius 1 is 1.46 bits per heavy atom. The molecule has 1 aromatic rings. The lowest BCUT2D eigenvalue weighted by molar-refractivity contribution is 0.324. The molecule has 1 heterocycles. The highest BCUT2D eigenvalue weighted by Gasteiger charge is 2.04. The van der Waals surface area contributed by atoms with Gasteiger partial charge in [-0.05, 0) is 31.4 Å². The lowest BCUT2D eigenvalue weighted by atomic mass is 10.0. The maximum atomic E-state index is 5.36. The molecule has 0 amide bonds. The number of rotatable bonds is 3. The summed E-state index contributed by atoms with van der Waals surface area (Å²) in [5.41, 5.74) is 2.38. The molecule has 13 heavy (non-hydrogen) atoms. The van der Waals surface area contributed by atoms with E-state index in [1.54, 1.807) is 0 Å². The van der Waals surface area contributed by atoms with E-state index in [-0.39, 0.29) is 0 Å². The van der Waals surface area contributed by atoms with Crippen LogP contribution in [0.3, 0.4) is 0 Å². The summed E-state index contributed by atoms with van der Waals surface area (Å²) in [5, 5.41) is 0. The van der Waals surface area contributed by atoms with E-state index in [4.69, 9.17) is 4.74 Å². The average molecular weight is 179 g/mol. The lowest BCUT2D eigenvalue weighted by Gasteiger charge is -2.09. The summed E-state index contributed by atoms with van der Waals surface area (Å²) in [4.78, 5) is 4.27. The number of pyridine rings is 1. The molecular formula is C11H17NO. The molecule has 0 aliphatic carbocycles. The summed E-state index contributed by atoms with van der Waals surface area (Å²) in [5.74, 6) is 1.29. The van der Waals surface area contributed by atoms with Gasteiger partial charge in [0.25, 0.3) is 0 Å². The van der Waals surface area contributed by atoms with Crippen LogP contribution in [0.1, 0.15) is 37.8 Å². The predicted octanol–water partition coefficient (Wildman–Crippen LogP) is 2.91. The van der Waals surface area contributed by atoms with Crippen LogP contribution in [0.4, 0.5) is 0 Å². The molecule has 0 unspecified atom stereocenters. The topological polar surface area (TPSA) is 22.1 Å². The molecule has 0 saturated carbocycles. The minimum atomic E-state index is 0.530. The van der Waals surface area contributed by atoms with Crippen molar-refractivity contribution in [2.75, 3.05) is 6.61 Å². The van der Waals surface area contributed by atoms with Crippen LogP contribution in [0.25, 0.3) is 0 Å². The fraction of sp³-hybridized carbons (Fsp3) is 0.545. The van der Waals surface area contributed by atoms with E-state index in [0.29, 0.717) is 12.5 Å². The molecule has 2 nitrogen and oxygen atoms in total. The second-order valence-corrected chi connectivity index (χ2v) is 3.48. The molecule has 1 aromatic heterocycles. The van der Waals surface area contributed by atoms with Crippen molar-refractivity contribution < 1.29 is 4.74 Å². The Morgan fingerprint density at radius 2 is 2.15 bits per heavy atom. The molecule has 0 fully saturated rings. The quantitative estimate of drug-likeness (QED) is 0.711. The van der Waals surface area contributed by atoms with Gasteiger partial charge >= 0.3 is 0 Å². The molecule has 1 rings (SSSR count). The zero-order chi connectivity index (χ0) is 9.84. The second kappa shape index (κ2) is 4.26. The van der Waals surface area contributed by atoms with Crippen molar-refractivity contribution in [2.45, 2.75) is 33.6 Å². The van der Waals surface area contributed by atoms with Crippen LogP contribution in [0.15, 0.2) is 12.3 Å². The average Bonchev–Trinajstić information content (AvgIpc) is 2.08. The van der Waals surface area contributed by atoms with Gasteiger partial charge in [-0.2, -0.15) is 0 Å².